The Labute approximate surface area is 150 Å². The van der Waals surface area contributed by atoms with Crippen LogP contribution in [0.4, 0.5) is 14.5 Å². The van der Waals surface area contributed by atoms with Crippen LogP contribution >= 0.6 is 11.8 Å². The minimum absolute atomic E-state index is 0.0633. The largest absolute Gasteiger partial charge is 0.466 e. The van der Waals surface area contributed by atoms with Gasteiger partial charge in [0.05, 0.1) is 25.6 Å². The molecule has 1 saturated heterocycles. The molecule has 1 amide bonds. The van der Waals surface area contributed by atoms with Crippen molar-refractivity contribution in [1.29, 1.82) is 0 Å². The van der Waals surface area contributed by atoms with Crippen molar-refractivity contribution >= 4 is 29.3 Å². The number of ether oxygens (including phenoxy) is 1. The van der Waals surface area contributed by atoms with Crippen molar-refractivity contribution in [2.24, 2.45) is 5.92 Å². The molecule has 138 valence electrons. The Morgan fingerprint density at radius 3 is 2.48 bits per heavy atom. The molecule has 0 saturated carbocycles. The molecule has 0 aliphatic carbocycles. The fourth-order valence-corrected chi connectivity index (χ4v) is 3.35. The number of esters is 1. The highest BCUT2D eigenvalue weighted by atomic mass is 32.2. The number of likely N-dealkylation sites (tertiary alicyclic amines) is 1. The number of alkyl halides is 2. The number of thioether (sulfide) groups is 1. The molecule has 8 heteroatoms. The third-order valence-corrected chi connectivity index (χ3v) is 4.81. The number of hydrogen-bond donors (Lipinski definition) is 2. The number of nitrogens with one attached hydrogen (secondary N) is 2. The Balaban J connectivity index is 1.75. The summed E-state index contributed by atoms with van der Waals surface area (Å²) in [5.41, 5.74) is 0.587. The molecule has 0 aromatic heterocycles. The van der Waals surface area contributed by atoms with E-state index in [1.807, 2.05) is 0 Å². The third-order valence-electron chi connectivity index (χ3n) is 4.09. The molecule has 1 aromatic rings. The first kappa shape index (κ1) is 19.7. The zero-order chi connectivity index (χ0) is 18.2. The van der Waals surface area contributed by atoms with E-state index in [1.165, 1.54) is 0 Å². The van der Waals surface area contributed by atoms with Gasteiger partial charge in [-0.2, -0.15) is 8.78 Å². The summed E-state index contributed by atoms with van der Waals surface area (Å²) < 4.78 is 29.6. The second-order valence-corrected chi connectivity index (χ2v) is 6.97. The summed E-state index contributed by atoms with van der Waals surface area (Å²) in [5, 5.41) is 2.78. The number of quaternary nitrogens is 1. The van der Waals surface area contributed by atoms with Crippen molar-refractivity contribution in [3.8, 4) is 0 Å². The van der Waals surface area contributed by atoms with Gasteiger partial charge in [0.2, 0.25) is 0 Å². The topological polar surface area (TPSA) is 59.8 Å². The standard InChI is InChI=1S/C17H22F2N2O3S/c1-2-24-16(23)12-7-9-21(10-8-12)11-15(22)20-13-3-5-14(6-4-13)25-17(18)19/h3-6,12,17H,2,7-11H2,1H3,(H,20,22)/p+1. The second kappa shape index (κ2) is 9.72. The van der Waals surface area contributed by atoms with Crippen LogP contribution in [0.25, 0.3) is 0 Å². The molecule has 1 aliphatic rings. The molecule has 0 bridgehead atoms. The number of anilines is 1. The van der Waals surface area contributed by atoms with Gasteiger partial charge < -0.3 is 15.0 Å². The number of piperidine rings is 1. The van der Waals surface area contributed by atoms with Gasteiger partial charge in [0, 0.05) is 23.4 Å². The van der Waals surface area contributed by atoms with Crippen molar-refractivity contribution < 1.29 is 28.0 Å². The lowest BCUT2D eigenvalue weighted by Crippen LogP contribution is -3.14. The van der Waals surface area contributed by atoms with Crippen molar-refractivity contribution in [1.82, 2.24) is 0 Å². The first-order chi connectivity index (χ1) is 12.0. The third kappa shape index (κ3) is 6.62. The molecule has 0 unspecified atom stereocenters. The van der Waals surface area contributed by atoms with Crippen LogP contribution in [0, 0.1) is 5.92 Å². The summed E-state index contributed by atoms with van der Waals surface area (Å²) in [6.45, 7) is 4.01. The molecule has 1 heterocycles. The SMILES string of the molecule is CCOC(=O)C1CC[NH+](CC(=O)Nc2ccc(SC(F)F)cc2)CC1. The van der Waals surface area contributed by atoms with E-state index in [0.29, 0.717) is 35.5 Å². The fraction of sp³-hybridized carbons (Fsp3) is 0.529. The molecule has 0 spiro atoms. The van der Waals surface area contributed by atoms with E-state index < -0.39 is 5.76 Å². The highest BCUT2D eigenvalue weighted by Crippen LogP contribution is 2.26. The number of hydrogen-bond acceptors (Lipinski definition) is 4. The quantitative estimate of drug-likeness (QED) is 0.565. The maximum atomic E-state index is 12.3. The summed E-state index contributed by atoms with van der Waals surface area (Å²) in [4.78, 5) is 25.4. The van der Waals surface area contributed by atoms with Gasteiger partial charge in [-0.3, -0.25) is 9.59 Å². The predicted octanol–water partition coefficient (Wildman–Crippen LogP) is 1.80. The minimum atomic E-state index is -2.46. The molecule has 0 atom stereocenters. The van der Waals surface area contributed by atoms with Crippen LogP contribution in [0.1, 0.15) is 19.8 Å². The summed E-state index contributed by atoms with van der Waals surface area (Å²) in [7, 11) is 0. The Bertz CT molecular complexity index is 576. The summed E-state index contributed by atoms with van der Waals surface area (Å²) in [6.07, 6.45) is 1.45. The second-order valence-electron chi connectivity index (χ2n) is 5.90. The summed E-state index contributed by atoms with van der Waals surface area (Å²) in [5.74, 6) is -2.79. The van der Waals surface area contributed by atoms with Gasteiger partial charge in [-0.1, -0.05) is 11.8 Å². The fourth-order valence-electron chi connectivity index (χ4n) is 2.85. The number of carbonyl (C=O) groups is 2. The van der Waals surface area contributed by atoms with E-state index in [1.54, 1.807) is 31.2 Å². The van der Waals surface area contributed by atoms with Gasteiger partial charge in [0.25, 0.3) is 11.7 Å². The van der Waals surface area contributed by atoms with E-state index in [0.717, 1.165) is 30.8 Å². The Morgan fingerprint density at radius 1 is 1.28 bits per heavy atom. The normalized spacial score (nSPS) is 20.3. The molecule has 1 fully saturated rings. The number of carbonyl (C=O) groups excluding carboxylic acids is 2. The lowest BCUT2D eigenvalue weighted by Gasteiger charge is -2.27. The number of halogens is 2. The lowest BCUT2D eigenvalue weighted by atomic mass is 9.97. The number of rotatable bonds is 7. The molecule has 0 radical (unpaired) electrons. The van der Waals surface area contributed by atoms with Crippen LogP contribution in [0.2, 0.25) is 0 Å². The Hall–Kier alpha value is -1.67. The Morgan fingerprint density at radius 2 is 1.92 bits per heavy atom. The zero-order valence-electron chi connectivity index (χ0n) is 14.1. The summed E-state index contributed by atoms with van der Waals surface area (Å²) >= 11 is 0.472. The van der Waals surface area contributed by atoms with Gasteiger partial charge >= 0.3 is 5.97 Å². The minimum Gasteiger partial charge on any atom is -0.466 e. The highest BCUT2D eigenvalue weighted by Gasteiger charge is 2.29. The van der Waals surface area contributed by atoms with Gasteiger partial charge in [0.15, 0.2) is 6.54 Å². The van der Waals surface area contributed by atoms with Crippen molar-refractivity contribution in [3.05, 3.63) is 24.3 Å². The first-order valence-corrected chi connectivity index (χ1v) is 9.20. The molecular weight excluding hydrogens is 350 g/mol. The van der Waals surface area contributed by atoms with Crippen LogP contribution in [-0.2, 0) is 14.3 Å². The predicted molar refractivity (Wildman–Crippen MR) is 91.9 cm³/mol. The van der Waals surface area contributed by atoms with Gasteiger partial charge in [0.1, 0.15) is 0 Å². The van der Waals surface area contributed by atoms with Crippen molar-refractivity contribution in [2.75, 3.05) is 31.6 Å². The monoisotopic (exact) mass is 373 g/mol. The first-order valence-electron chi connectivity index (χ1n) is 8.33. The zero-order valence-corrected chi connectivity index (χ0v) is 14.9. The van der Waals surface area contributed by atoms with E-state index >= 15 is 0 Å². The van der Waals surface area contributed by atoms with Crippen LogP contribution in [0.5, 0.6) is 0 Å². The maximum absolute atomic E-state index is 12.3. The lowest BCUT2D eigenvalue weighted by molar-refractivity contribution is -0.897. The van der Waals surface area contributed by atoms with Crippen LogP contribution in [0.3, 0.4) is 0 Å². The van der Waals surface area contributed by atoms with E-state index in [9.17, 15) is 18.4 Å². The molecule has 2 N–H and O–H groups in total. The van der Waals surface area contributed by atoms with Crippen LogP contribution < -0.4 is 10.2 Å². The average Bonchev–Trinajstić information content (AvgIpc) is 2.57. The number of amides is 1. The van der Waals surface area contributed by atoms with Crippen LogP contribution in [-0.4, -0.2) is 43.9 Å². The highest BCUT2D eigenvalue weighted by molar-refractivity contribution is 7.99. The van der Waals surface area contributed by atoms with E-state index in [4.69, 9.17) is 4.74 Å². The van der Waals surface area contributed by atoms with Gasteiger partial charge in [-0.15, -0.1) is 0 Å². The van der Waals surface area contributed by atoms with Crippen LogP contribution in [0.15, 0.2) is 29.2 Å². The number of benzene rings is 1. The van der Waals surface area contributed by atoms with Crippen molar-refractivity contribution in [3.63, 3.8) is 0 Å². The molecular formula is C17H23F2N2O3S+. The molecule has 25 heavy (non-hydrogen) atoms. The molecule has 2 rings (SSSR count). The van der Waals surface area contributed by atoms with Gasteiger partial charge in [-0.05, 0) is 31.2 Å². The maximum Gasteiger partial charge on any atom is 0.309 e. The van der Waals surface area contributed by atoms with Crippen molar-refractivity contribution in [2.45, 2.75) is 30.4 Å². The molecule has 5 nitrogen and oxygen atoms in total. The molecule has 1 aromatic carbocycles. The summed E-state index contributed by atoms with van der Waals surface area (Å²) in [6, 6.07) is 6.35. The van der Waals surface area contributed by atoms with Gasteiger partial charge in [-0.25, -0.2) is 0 Å². The van der Waals surface area contributed by atoms with E-state index in [-0.39, 0.29) is 17.8 Å². The Kier molecular flexibility index (Phi) is 7.64. The molecule has 1 aliphatic heterocycles. The average molecular weight is 373 g/mol. The smallest absolute Gasteiger partial charge is 0.309 e. The van der Waals surface area contributed by atoms with E-state index in [2.05, 4.69) is 5.32 Å².